The van der Waals surface area contributed by atoms with E-state index >= 15 is 0 Å². The summed E-state index contributed by atoms with van der Waals surface area (Å²) < 4.78 is 4.92. The molecule has 0 spiro atoms. The topological polar surface area (TPSA) is 38.1 Å². The molecule has 2 heterocycles. The molecule has 1 saturated heterocycles. The first kappa shape index (κ1) is 6.85. The summed E-state index contributed by atoms with van der Waals surface area (Å²) >= 11 is 0. The Balaban J connectivity index is 2.04. The van der Waals surface area contributed by atoms with Crippen molar-refractivity contribution < 1.29 is 4.42 Å². The van der Waals surface area contributed by atoms with Crippen LogP contribution in [0.1, 0.15) is 31.0 Å². The molecule has 0 aliphatic carbocycles. The van der Waals surface area contributed by atoms with E-state index in [1.165, 1.54) is 25.7 Å². The van der Waals surface area contributed by atoms with E-state index in [1.807, 2.05) is 0 Å². The van der Waals surface area contributed by atoms with Crippen molar-refractivity contribution in [3.8, 4) is 0 Å². The Hall–Kier alpha value is -0.830. The highest BCUT2D eigenvalue weighted by Gasteiger charge is 2.16. The molecule has 2 rings (SSSR count). The van der Waals surface area contributed by atoms with Crippen molar-refractivity contribution in [3.05, 3.63) is 18.4 Å². The molecule has 1 atom stereocenters. The molecular weight excluding hydrogens is 140 g/mol. The maximum absolute atomic E-state index is 4.92. The van der Waals surface area contributed by atoms with Crippen molar-refractivity contribution in [2.75, 3.05) is 6.54 Å². The molecule has 1 aromatic heterocycles. The molecule has 1 N–H and O–H groups in total. The second kappa shape index (κ2) is 3.05. The number of aromatic nitrogens is 1. The van der Waals surface area contributed by atoms with Gasteiger partial charge in [0.25, 0.3) is 0 Å². The van der Waals surface area contributed by atoms with Crippen LogP contribution in [0.2, 0.25) is 0 Å². The first-order valence-corrected chi connectivity index (χ1v) is 4.08. The lowest BCUT2D eigenvalue weighted by atomic mass is 10.0. The van der Waals surface area contributed by atoms with E-state index in [9.17, 15) is 0 Å². The van der Waals surface area contributed by atoms with Crippen LogP contribution in [0.4, 0.5) is 0 Å². The van der Waals surface area contributed by atoms with Gasteiger partial charge in [-0.25, -0.2) is 4.98 Å². The lowest BCUT2D eigenvalue weighted by molar-refractivity contribution is 0.404. The second-order valence-corrected chi connectivity index (χ2v) is 2.92. The van der Waals surface area contributed by atoms with E-state index < -0.39 is 0 Å². The summed E-state index contributed by atoms with van der Waals surface area (Å²) in [6.45, 7) is 1.11. The van der Waals surface area contributed by atoms with Crippen LogP contribution in [-0.4, -0.2) is 11.5 Å². The summed E-state index contributed by atoms with van der Waals surface area (Å²) in [4.78, 5) is 4.11. The number of piperidine rings is 1. The predicted octanol–water partition coefficient (Wildman–Crippen LogP) is 1.49. The van der Waals surface area contributed by atoms with Crippen molar-refractivity contribution in [2.45, 2.75) is 25.3 Å². The van der Waals surface area contributed by atoms with Crippen molar-refractivity contribution in [1.82, 2.24) is 10.3 Å². The molecular formula is C8H12N2O. The Morgan fingerprint density at radius 2 is 2.55 bits per heavy atom. The average Bonchev–Trinajstić information content (AvgIpc) is 2.58. The number of nitrogens with one attached hydrogen (secondary N) is 1. The minimum atomic E-state index is 0.433. The summed E-state index contributed by atoms with van der Waals surface area (Å²) in [5, 5.41) is 3.40. The number of hydrogen-bond acceptors (Lipinski definition) is 3. The highest BCUT2D eigenvalue weighted by Crippen LogP contribution is 2.20. The van der Waals surface area contributed by atoms with Gasteiger partial charge in [0.2, 0.25) is 0 Å². The third kappa shape index (κ3) is 1.43. The lowest BCUT2D eigenvalue weighted by Crippen LogP contribution is -2.26. The molecule has 1 aliphatic rings. The fraction of sp³-hybridized carbons (Fsp3) is 0.625. The molecule has 3 heteroatoms. The van der Waals surface area contributed by atoms with Crippen molar-refractivity contribution >= 4 is 0 Å². The third-order valence-electron chi connectivity index (χ3n) is 2.12. The smallest absolute Gasteiger partial charge is 0.180 e. The zero-order valence-corrected chi connectivity index (χ0v) is 6.42. The molecule has 0 aromatic carbocycles. The van der Waals surface area contributed by atoms with Gasteiger partial charge in [-0.2, -0.15) is 0 Å². The Bertz CT molecular complexity index is 202. The van der Waals surface area contributed by atoms with Crippen LogP contribution in [0.15, 0.2) is 17.1 Å². The maximum Gasteiger partial charge on any atom is 0.180 e. The van der Waals surface area contributed by atoms with E-state index in [4.69, 9.17) is 4.42 Å². The summed E-state index contributed by atoms with van der Waals surface area (Å²) in [6.07, 6.45) is 6.99. The monoisotopic (exact) mass is 152 g/mol. The summed E-state index contributed by atoms with van der Waals surface area (Å²) in [5.74, 6) is 0. The molecule has 0 bridgehead atoms. The number of hydrogen-bond donors (Lipinski definition) is 1. The van der Waals surface area contributed by atoms with Gasteiger partial charge in [-0.15, -0.1) is 0 Å². The lowest BCUT2D eigenvalue weighted by Gasteiger charge is -2.20. The number of nitrogens with zero attached hydrogens (tertiary/aromatic N) is 1. The minimum absolute atomic E-state index is 0.433. The fourth-order valence-corrected chi connectivity index (χ4v) is 1.50. The summed E-state index contributed by atoms with van der Waals surface area (Å²) in [7, 11) is 0. The zero-order chi connectivity index (χ0) is 7.52. The first-order chi connectivity index (χ1) is 5.47. The van der Waals surface area contributed by atoms with Gasteiger partial charge < -0.3 is 9.73 Å². The van der Waals surface area contributed by atoms with Crippen LogP contribution in [0.3, 0.4) is 0 Å². The molecule has 0 saturated carbocycles. The van der Waals surface area contributed by atoms with Gasteiger partial charge in [-0.05, 0) is 19.4 Å². The molecule has 11 heavy (non-hydrogen) atoms. The molecule has 1 aliphatic heterocycles. The first-order valence-electron chi connectivity index (χ1n) is 4.08. The standard InChI is InChI=1S/C8H12N2O/c1-2-4-9-7(3-1)8-5-11-6-10-8/h5-7,9H,1-4H2/t7-/m0/s1. The molecule has 1 fully saturated rings. The Labute approximate surface area is 65.8 Å². The van der Waals surface area contributed by atoms with Gasteiger partial charge in [0.1, 0.15) is 6.26 Å². The third-order valence-corrected chi connectivity index (χ3v) is 2.12. The zero-order valence-electron chi connectivity index (χ0n) is 6.42. The molecule has 0 radical (unpaired) electrons. The van der Waals surface area contributed by atoms with Crippen LogP contribution < -0.4 is 5.32 Å². The molecule has 0 unspecified atom stereocenters. The van der Waals surface area contributed by atoms with Crippen LogP contribution in [0, 0.1) is 0 Å². The predicted molar refractivity (Wildman–Crippen MR) is 41.1 cm³/mol. The van der Waals surface area contributed by atoms with E-state index in [-0.39, 0.29) is 0 Å². The fourth-order valence-electron chi connectivity index (χ4n) is 1.50. The summed E-state index contributed by atoms with van der Waals surface area (Å²) in [5.41, 5.74) is 1.05. The quantitative estimate of drug-likeness (QED) is 0.662. The highest BCUT2D eigenvalue weighted by atomic mass is 16.3. The number of rotatable bonds is 1. The normalized spacial score (nSPS) is 25.3. The van der Waals surface area contributed by atoms with Crippen LogP contribution in [0.5, 0.6) is 0 Å². The Kier molecular flexibility index (Phi) is 1.90. The Morgan fingerprint density at radius 3 is 3.18 bits per heavy atom. The van der Waals surface area contributed by atoms with Gasteiger partial charge in [0.05, 0.1) is 11.7 Å². The van der Waals surface area contributed by atoms with Crippen LogP contribution in [0.25, 0.3) is 0 Å². The maximum atomic E-state index is 4.92. The van der Waals surface area contributed by atoms with Crippen molar-refractivity contribution in [3.63, 3.8) is 0 Å². The van der Waals surface area contributed by atoms with Crippen molar-refractivity contribution in [2.24, 2.45) is 0 Å². The minimum Gasteiger partial charge on any atom is -0.451 e. The molecule has 3 nitrogen and oxygen atoms in total. The van der Waals surface area contributed by atoms with Gasteiger partial charge in [-0.1, -0.05) is 6.42 Å². The van der Waals surface area contributed by atoms with E-state index in [0.717, 1.165) is 12.2 Å². The van der Waals surface area contributed by atoms with Gasteiger partial charge in [-0.3, -0.25) is 0 Å². The van der Waals surface area contributed by atoms with Crippen LogP contribution in [-0.2, 0) is 0 Å². The van der Waals surface area contributed by atoms with Crippen molar-refractivity contribution in [1.29, 1.82) is 0 Å². The number of oxazole rings is 1. The Morgan fingerprint density at radius 1 is 1.55 bits per heavy atom. The van der Waals surface area contributed by atoms with E-state index in [2.05, 4.69) is 10.3 Å². The molecule has 60 valence electrons. The average molecular weight is 152 g/mol. The largest absolute Gasteiger partial charge is 0.451 e. The van der Waals surface area contributed by atoms with E-state index in [1.54, 1.807) is 6.26 Å². The second-order valence-electron chi connectivity index (χ2n) is 2.92. The van der Waals surface area contributed by atoms with Gasteiger partial charge in [0, 0.05) is 0 Å². The van der Waals surface area contributed by atoms with Gasteiger partial charge >= 0.3 is 0 Å². The highest BCUT2D eigenvalue weighted by molar-refractivity contribution is 5.00. The molecule has 0 amide bonds. The van der Waals surface area contributed by atoms with Crippen LogP contribution >= 0.6 is 0 Å². The van der Waals surface area contributed by atoms with Gasteiger partial charge in [0.15, 0.2) is 6.39 Å². The SMILES string of the molecule is c1nc([C@@H]2CCCCN2)co1. The molecule has 1 aromatic rings. The van der Waals surface area contributed by atoms with E-state index in [0.29, 0.717) is 6.04 Å². The summed E-state index contributed by atoms with van der Waals surface area (Å²) in [6, 6.07) is 0.433.